The minimum Gasteiger partial charge on any atom is -0.455 e. The Hall–Kier alpha value is -6.90. The van der Waals surface area contributed by atoms with Gasteiger partial charge in [-0.2, -0.15) is 0 Å². The highest BCUT2D eigenvalue weighted by atomic mass is 16.3. The molecule has 52 heavy (non-hydrogen) atoms. The zero-order chi connectivity index (χ0) is 34.4. The molecule has 0 aliphatic carbocycles. The smallest absolute Gasteiger partial charge is 0.143 e. The highest BCUT2D eigenvalue weighted by molar-refractivity contribution is 6.19. The summed E-state index contributed by atoms with van der Waals surface area (Å²) in [5.74, 6) is 0. The first kappa shape index (κ1) is 30.0. The third-order valence-electron chi connectivity index (χ3n) is 10.2. The molecule has 2 heteroatoms. The molecule has 9 aromatic carbocycles. The molecule has 10 rings (SSSR count). The van der Waals surface area contributed by atoms with Crippen LogP contribution >= 0.6 is 0 Å². The van der Waals surface area contributed by atoms with Gasteiger partial charge < -0.3 is 9.32 Å². The van der Waals surface area contributed by atoms with Crippen molar-refractivity contribution in [3.63, 3.8) is 0 Å². The number of rotatable bonds is 6. The zero-order valence-corrected chi connectivity index (χ0v) is 28.4. The minimum atomic E-state index is 0.893. The molecule has 0 amide bonds. The normalized spacial score (nSPS) is 11.5. The highest BCUT2D eigenvalue weighted by Crippen LogP contribution is 2.44. The molecule has 0 saturated heterocycles. The minimum absolute atomic E-state index is 0.893. The fraction of sp³-hybridized carbons (Fsp3) is 0. The largest absolute Gasteiger partial charge is 0.455 e. The average Bonchev–Trinajstić information content (AvgIpc) is 3.61. The Morgan fingerprint density at radius 1 is 0.346 bits per heavy atom. The van der Waals surface area contributed by atoms with Crippen LogP contribution in [0.25, 0.3) is 76.9 Å². The van der Waals surface area contributed by atoms with Crippen LogP contribution < -0.4 is 4.90 Å². The van der Waals surface area contributed by atoms with Gasteiger partial charge in [0.2, 0.25) is 0 Å². The summed E-state index contributed by atoms with van der Waals surface area (Å²) >= 11 is 0. The Kier molecular flexibility index (Phi) is 7.18. The van der Waals surface area contributed by atoms with Gasteiger partial charge in [0, 0.05) is 33.1 Å². The Bertz CT molecular complexity index is 2900. The maximum absolute atomic E-state index is 6.58. The van der Waals surface area contributed by atoms with Crippen LogP contribution in [-0.4, -0.2) is 0 Å². The van der Waals surface area contributed by atoms with E-state index in [4.69, 9.17) is 4.42 Å². The summed E-state index contributed by atoms with van der Waals surface area (Å²) in [5, 5.41) is 7.03. The topological polar surface area (TPSA) is 16.4 Å². The van der Waals surface area contributed by atoms with Gasteiger partial charge >= 0.3 is 0 Å². The number of hydrogen-bond donors (Lipinski definition) is 0. The summed E-state index contributed by atoms with van der Waals surface area (Å²) in [6.07, 6.45) is 0. The number of nitrogens with zero attached hydrogens (tertiary/aromatic N) is 1. The number of benzene rings is 9. The predicted octanol–water partition coefficient (Wildman–Crippen LogP) is 14.4. The van der Waals surface area contributed by atoms with E-state index in [0.717, 1.165) is 55.5 Å². The zero-order valence-electron chi connectivity index (χ0n) is 28.4. The van der Waals surface area contributed by atoms with Crippen molar-refractivity contribution in [3.8, 4) is 33.4 Å². The summed E-state index contributed by atoms with van der Waals surface area (Å²) in [5.41, 5.74) is 12.1. The van der Waals surface area contributed by atoms with Gasteiger partial charge in [-0.05, 0) is 92.5 Å². The third kappa shape index (κ3) is 5.12. The van der Waals surface area contributed by atoms with Crippen LogP contribution in [0, 0.1) is 0 Å². The monoisotopic (exact) mass is 663 g/mol. The molecule has 0 N–H and O–H groups in total. The molecule has 0 unspecified atom stereocenters. The first-order valence-electron chi connectivity index (χ1n) is 17.8. The van der Waals surface area contributed by atoms with E-state index >= 15 is 0 Å². The van der Waals surface area contributed by atoms with Crippen LogP contribution in [0.15, 0.2) is 205 Å². The van der Waals surface area contributed by atoms with Crippen LogP contribution in [0.4, 0.5) is 17.1 Å². The highest BCUT2D eigenvalue weighted by Gasteiger charge is 2.20. The van der Waals surface area contributed by atoms with E-state index in [0.29, 0.717) is 0 Å². The van der Waals surface area contributed by atoms with E-state index in [-0.39, 0.29) is 0 Å². The number of anilines is 3. The van der Waals surface area contributed by atoms with E-state index in [1.165, 1.54) is 38.4 Å². The molecule has 244 valence electrons. The van der Waals surface area contributed by atoms with E-state index in [9.17, 15) is 0 Å². The lowest BCUT2D eigenvalue weighted by atomic mass is 9.96. The quantitative estimate of drug-likeness (QED) is 0.176. The maximum Gasteiger partial charge on any atom is 0.143 e. The molecule has 0 bridgehead atoms. The van der Waals surface area contributed by atoms with Crippen molar-refractivity contribution >= 4 is 60.5 Å². The second-order valence-electron chi connectivity index (χ2n) is 13.3. The van der Waals surface area contributed by atoms with Crippen molar-refractivity contribution in [2.45, 2.75) is 0 Å². The van der Waals surface area contributed by atoms with E-state index in [1.807, 2.05) is 0 Å². The molecule has 2 nitrogen and oxygen atoms in total. The molecule has 10 aromatic rings. The fourth-order valence-corrected chi connectivity index (χ4v) is 7.74. The van der Waals surface area contributed by atoms with Crippen LogP contribution in [0.2, 0.25) is 0 Å². The van der Waals surface area contributed by atoms with Crippen molar-refractivity contribution in [3.05, 3.63) is 200 Å². The summed E-state index contributed by atoms with van der Waals surface area (Å²) in [6.45, 7) is 0. The SMILES string of the molecule is c1ccc(-c2ccc(N(c3cccc(-c4cccc5oc6c7ccccc7ccc6c45)c3)c3ccccc3-c3ccc4ccccc4c3)cc2)cc1. The lowest BCUT2D eigenvalue weighted by molar-refractivity contribution is 0.673. The lowest BCUT2D eigenvalue weighted by Gasteiger charge is -2.28. The maximum atomic E-state index is 6.58. The molecule has 0 aliphatic rings. The second-order valence-corrected chi connectivity index (χ2v) is 13.3. The summed E-state index contributed by atoms with van der Waals surface area (Å²) in [6, 6.07) is 71.7. The fourth-order valence-electron chi connectivity index (χ4n) is 7.74. The van der Waals surface area contributed by atoms with Crippen LogP contribution in [0.3, 0.4) is 0 Å². The first-order valence-corrected chi connectivity index (χ1v) is 17.8. The number of hydrogen-bond acceptors (Lipinski definition) is 2. The van der Waals surface area contributed by atoms with Gasteiger partial charge in [0.05, 0.1) is 5.69 Å². The van der Waals surface area contributed by atoms with Gasteiger partial charge in [-0.25, -0.2) is 0 Å². The Morgan fingerprint density at radius 2 is 0.981 bits per heavy atom. The van der Waals surface area contributed by atoms with Crippen LogP contribution in [0.1, 0.15) is 0 Å². The van der Waals surface area contributed by atoms with Gasteiger partial charge in [-0.15, -0.1) is 0 Å². The van der Waals surface area contributed by atoms with Crippen molar-refractivity contribution in [2.75, 3.05) is 4.90 Å². The van der Waals surface area contributed by atoms with Gasteiger partial charge in [0.25, 0.3) is 0 Å². The van der Waals surface area contributed by atoms with Crippen LogP contribution in [-0.2, 0) is 0 Å². The molecule has 1 heterocycles. The molecule has 0 fully saturated rings. The summed E-state index contributed by atoms with van der Waals surface area (Å²) in [4.78, 5) is 2.39. The lowest BCUT2D eigenvalue weighted by Crippen LogP contribution is -2.11. The molecule has 0 aliphatic heterocycles. The first-order chi connectivity index (χ1) is 25.8. The third-order valence-corrected chi connectivity index (χ3v) is 10.2. The molecule has 1 aromatic heterocycles. The number of fused-ring (bicyclic) bond motifs is 6. The predicted molar refractivity (Wildman–Crippen MR) is 220 cm³/mol. The van der Waals surface area contributed by atoms with Gasteiger partial charge in [-0.1, -0.05) is 152 Å². The van der Waals surface area contributed by atoms with E-state index in [2.05, 4.69) is 205 Å². The van der Waals surface area contributed by atoms with E-state index < -0.39 is 0 Å². The molecular formula is C50H33NO. The standard InChI is InChI=1S/C50H33NO/c1-2-12-34(13-3-1)36-26-29-41(30-27-36)51(47-22-9-8-19-43(47)40-25-24-35-14-4-5-16-38(35)32-40)42-18-10-17-39(33-42)44-21-11-23-48-49(44)46-31-28-37-15-6-7-20-45(37)50(46)52-48/h1-33H. The molecular weight excluding hydrogens is 631 g/mol. The van der Waals surface area contributed by atoms with Crippen LogP contribution in [0.5, 0.6) is 0 Å². The van der Waals surface area contributed by atoms with Crippen molar-refractivity contribution in [2.24, 2.45) is 0 Å². The van der Waals surface area contributed by atoms with Crippen molar-refractivity contribution in [1.29, 1.82) is 0 Å². The van der Waals surface area contributed by atoms with Gasteiger partial charge in [0.15, 0.2) is 0 Å². The molecule has 0 atom stereocenters. The molecule has 0 spiro atoms. The summed E-state index contributed by atoms with van der Waals surface area (Å²) in [7, 11) is 0. The van der Waals surface area contributed by atoms with Gasteiger partial charge in [-0.3, -0.25) is 0 Å². The average molecular weight is 664 g/mol. The Balaban J connectivity index is 1.16. The number of para-hydroxylation sites is 1. The Morgan fingerprint density at radius 3 is 1.87 bits per heavy atom. The second kappa shape index (κ2) is 12.5. The summed E-state index contributed by atoms with van der Waals surface area (Å²) < 4.78 is 6.58. The van der Waals surface area contributed by atoms with Crippen molar-refractivity contribution in [1.82, 2.24) is 0 Å². The molecule has 0 saturated carbocycles. The molecule has 0 radical (unpaired) electrons. The van der Waals surface area contributed by atoms with Crippen molar-refractivity contribution < 1.29 is 4.42 Å². The number of furan rings is 1. The van der Waals surface area contributed by atoms with Gasteiger partial charge in [0.1, 0.15) is 11.2 Å². The Labute approximate surface area is 302 Å². The van der Waals surface area contributed by atoms with E-state index in [1.54, 1.807) is 0 Å².